The highest BCUT2D eigenvalue weighted by molar-refractivity contribution is 6.01. The van der Waals surface area contributed by atoms with Crippen LogP contribution in [0.3, 0.4) is 0 Å². The van der Waals surface area contributed by atoms with Crippen molar-refractivity contribution in [3.8, 4) is 11.5 Å². The van der Waals surface area contributed by atoms with Crippen LogP contribution in [0.5, 0.6) is 11.5 Å². The summed E-state index contributed by atoms with van der Waals surface area (Å²) in [6.45, 7) is 3.35. The molecule has 2 N–H and O–H groups in total. The highest BCUT2D eigenvalue weighted by atomic mass is 16.5. The maximum absolute atomic E-state index is 13.0. The molecule has 0 aromatic heterocycles. The Balaban J connectivity index is 2.32. The lowest BCUT2D eigenvalue weighted by molar-refractivity contribution is 0.0678. The number of unbranched alkanes of at least 4 members (excludes halogenated alkanes) is 1. The van der Waals surface area contributed by atoms with Gasteiger partial charge in [-0.15, -0.1) is 0 Å². The predicted molar refractivity (Wildman–Crippen MR) is 94.1 cm³/mol. The molecule has 0 radical (unpaired) electrons. The van der Waals surface area contributed by atoms with E-state index in [-0.39, 0.29) is 18.6 Å². The summed E-state index contributed by atoms with van der Waals surface area (Å²) in [4.78, 5) is 14.7. The molecule has 0 saturated carbocycles. The van der Waals surface area contributed by atoms with Crippen molar-refractivity contribution in [1.82, 2.24) is 4.90 Å². The Morgan fingerprint density at radius 2 is 2.21 bits per heavy atom. The molecule has 0 unspecified atom stereocenters. The first-order chi connectivity index (χ1) is 11.7. The van der Waals surface area contributed by atoms with E-state index < -0.39 is 0 Å². The Labute approximate surface area is 143 Å². The molecular weight excluding hydrogens is 308 g/mol. The van der Waals surface area contributed by atoms with Crippen molar-refractivity contribution in [1.29, 1.82) is 0 Å². The minimum atomic E-state index is -0.103. The second-order valence-corrected chi connectivity index (χ2v) is 5.98. The minimum Gasteiger partial charge on any atom is -0.493 e. The van der Waals surface area contributed by atoms with Gasteiger partial charge in [0.25, 0.3) is 5.91 Å². The number of amides is 1. The summed E-state index contributed by atoms with van der Waals surface area (Å²) < 4.78 is 11.2. The van der Waals surface area contributed by atoms with Crippen LogP contribution in [0.1, 0.15) is 43.0 Å². The van der Waals surface area contributed by atoms with E-state index in [9.17, 15) is 9.90 Å². The molecule has 6 nitrogen and oxygen atoms in total. The van der Waals surface area contributed by atoms with E-state index in [1.807, 2.05) is 0 Å². The first-order valence-corrected chi connectivity index (χ1v) is 8.60. The monoisotopic (exact) mass is 336 g/mol. The van der Waals surface area contributed by atoms with Crippen LogP contribution in [0.25, 0.3) is 0 Å². The summed E-state index contributed by atoms with van der Waals surface area (Å²) in [5.41, 5.74) is 1.24. The summed E-state index contributed by atoms with van der Waals surface area (Å²) in [7, 11) is 3.36. The van der Waals surface area contributed by atoms with Crippen molar-refractivity contribution in [2.24, 2.45) is 0 Å². The molecule has 0 spiro atoms. The molecule has 0 aliphatic carbocycles. The number of anilines is 1. The summed E-state index contributed by atoms with van der Waals surface area (Å²) in [5.74, 6) is 1.10. The number of methoxy groups -OCH3 is 1. The Hall–Kier alpha value is -1.95. The lowest BCUT2D eigenvalue weighted by Gasteiger charge is -2.25. The van der Waals surface area contributed by atoms with E-state index in [0.717, 1.165) is 25.7 Å². The fourth-order valence-corrected chi connectivity index (χ4v) is 2.99. The quantitative estimate of drug-likeness (QED) is 0.714. The first-order valence-electron chi connectivity index (χ1n) is 8.60. The van der Waals surface area contributed by atoms with E-state index in [4.69, 9.17) is 9.47 Å². The maximum Gasteiger partial charge on any atom is 0.256 e. The third-order valence-electron chi connectivity index (χ3n) is 4.41. The van der Waals surface area contributed by atoms with Gasteiger partial charge in [0, 0.05) is 19.7 Å². The Morgan fingerprint density at radius 1 is 1.42 bits per heavy atom. The number of nitrogens with zero attached hydrogens (tertiary/aromatic N) is 1. The highest BCUT2D eigenvalue weighted by Gasteiger charge is 2.30. The SMILES string of the molecule is CCCCOc1cc(C(=O)N2CCC[C@H]2CO)c(NC)cc1OC. The van der Waals surface area contributed by atoms with Crippen molar-refractivity contribution >= 4 is 11.6 Å². The van der Waals surface area contributed by atoms with E-state index in [2.05, 4.69) is 12.2 Å². The molecule has 1 aromatic rings. The van der Waals surface area contributed by atoms with Crippen LogP contribution in [-0.2, 0) is 0 Å². The van der Waals surface area contributed by atoms with E-state index >= 15 is 0 Å². The molecule has 1 aliphatic rings. The topological polar surface area (TPSA) is 71.0 Å². The third kappa shape index (κ3) is 3.93. The zero-order valence-electron chi connectivity index (χ0n) is 14.8. The van der Waals surface area contributed by atoms with Gasteiger partial charge in [-0.05, 0) is 25.3 Å². The number of hydrogen-bond acceptors (Lipinski definition) is 5. The molecule has 1 heterocycles. The van der Waals surface area contributed by atoms with Gasteiger partial charge >= 0.3 is 0 Å². The van der Waals surface area contributed by atoms with Crippen LogP contribution in [0, 0.1) is 0 Å². The van der Waals surface area contributed by atoms with E-state index in [1.54, 1.807) is 31.2 Å². The molecule has 1 amide bonds. The summed E-state index contributed by atoms with van der Waals surface area (Å²) in [6, 6.07) is 3.43. The molecular formula is C18H28N2O4. The number of carbonyl (C=O) groups excluding carboxylic acids is 1. The van der Waals surface area contributed by atoms with Crippen LogP contribution < -0.4 is 14.8 Å². The van der Waals surface area contributed by atoms with Crippen LogP contribution >= 0.6 is 0 Å². The van der Waals surface area contributed by atoms with Crippen LogP contribution in [-0.4, -0.2) is 55.9 Å². The fraction of sp³-hybridized carbons (Fsp3) is 0.611. The number of aliphatic hydroxyl groups excluding tert-OH is 1. The maximum atomic E-state index is 13.0. The second-order valence-electron chi connectivity index (χ2n) is 5.98. The van der Waals surface area contributed by atoms with Gasteiger partial charge in [-0.1, -0.05) is 13.3 Å². The molecule has 6 heteroatoms. The van der Waals surface area contributed by atoms with Gasteiger partial charge in [0.05, 0.1) is 37.6 Å². The molecule has 1 saturated heterocycles. The van der Waals surface area contributed by atoms with Crippen LogP contribution in [0.2, 0.25) is 0 Å². The molecule has 1 aromatic carbocycles. The molecule has 24 heavy (non-hydrogen) atoms. The van der Waals surface area contributed by atoms with Gasteiger partial charge in [0.15, 0.2) is 11.5 Å². The normalized spacial score (nSPS) is 17.0. The number of aliphatic hydroxyl groups is 1. The minimum absolute atomic E-state index is 0.00333. The van der Waals surface area contributed by atoms with E-state index in [0.29, 0.717) is 35.9 Å². The average Bonchev–Trinajstić information content (AvgIpc) is 3.09. The number of hydrogen-bond donors (Lipinski definition) is 2. The second kappa shape index (κ2) is 8.78. The zero-order valence-corrected chi connectivity index (χ0v) is 14.8. The average molecular weight is 336 g/mol. The molecule has 1 aliphatic heterocycles. The number of rotatable bonds is 8. The molecule has 1 atom stereocenters. The zero-order chi connectivity index (χ0) is 17.5. The predicted octanol–water partition coefficient (Wildman–Crippen LogP) is 2.51. The number of carbonyl (C=O) groups is 1. The number of likely N-dealkylation sites (tertiary alicyclic amines) is 1. The number of benzene rings is 1. The molecule has 1 fully saturated rings. The summed E-state index contributed by atoms with van der Waals surface area (Å²) >= 11 is 0. The van der Waals surface area contributed by atoms with Crippen molar-refractivity contribution in [3.63, 3.8) is 0 Å². The standard InChI is InChI=1S/C18H28N2O4/c1-4-5-9-24-17-10-14(15(19-2)11-16(17)23-3)18(22)20-8-6-7-13(20)12-21/h10-11,13,19,21H,4-9,12H2,1-3H3/t13-/m0/s1. The Morgan fingerprint density at radius 3 is 2.83 bits per heavy atom. The summed E-state index contributed by atoms with van der Waals surface area (Å²) in [6.07, 6.45) is 3.74. The molecule has 134 valence electrons. The Kier molecular flexibility index (Phi) is 6.73. The number of nitrogens with one attached hydrogen (secondary N) is 1. The van der Waals surface area contributed by atoms with Crippen molar-refractivity contribution in [2.75, 3.05) is 39.2 Å². The van der Waals surface area contributed by atoms with Crippen LogP contribution in [0.15, 0.2) is 12.1 Å². The fourth-order valence-electron chi connectivity index (χ4n) is 2.99. The summed E-state index contributed by atoms with van der Waals surface area (Å²) in [5, 5.41) is 12.5. The van der Waals surface area contributed by atoms with Gasteiger partial charge < -0.3 is 24.8 Å². The number of ether oxygens (including phenoxy) is 2. The van der Waals surface area contributed by atoms with Crippen molar-refractivity contribution < 1.29 is 19.4 Å². The molecule has 0 bridgehead atoms. The van der Waals surface area contributed by atoms with E-state index in [1.165, 1.54) is 0 Å². The van der Waals surface area contributed by atoms with Gasteiger partial charge in [0.1, 0.15) is 0 Å². The van der Waals surface area contributed by atoms with Gasteiger partial charge in [-0.25, -0.2) is 0 Å². The van der Waals surface area contributed by atoms with Crippen molar-refractivity contribution in [3.05, 3.63) is 17.7 Å². The van der Waals surface area contributed by atoms with Crippen molar-refractivity contribution in [2.45, 2.75) is 38.6 Å². The van der Waals surface area contributed by atoms with Gasteiger partial charge in [-0.2, -0.15) is 0 Å². The lowest BCUT2D eigenvalue weighted by Crippen LogP contribution is -2.37. The largest absolute Gasteiger partial charge is 0.493 e. The molecule has 2 rings (SSSR count). The third-order valence-corrected chi connectivity index (χ3v) is 4.41. The Bertz CT molecular complexity index is 562. The van der Waals surface area contributed by atoms with Crippen LogP contribution in [0.4, 0.5) is 5.69 Å². The van der Waals surface area contributed by atoms with Gasteiger partial charge in [-0.3, -0.25) is 4.79 Å². The smallest absolute Gasteiger partial charge is 0.256 e. The first kappa shape index (κ1) is 18.4. The lowest BCUT2D eigenvalue weighted by atomic mass is 10.1. The highest BCUT2D eigenvalue weighted by Crippen LogP contribution is 2.35. The van der Waals surface area contributed by atoms with Gasteiger partial charge in [0.2, 0.25) is 0 Å².